The summed E-state index contributed by atoms with van der Waals surface area (Å²) >= 11 is 0. The first kappa shape index (κ1) is 13.3. The van der Waals surface area contributed by atoms with Gasteiger partial charge in [-0.05, 0) is 31.2 Å². The fourth-order valence-corrected chi connectivity index (χ4v) is 2.06. The number of sulfonamides is 1. The Labute approximate surface area is 99.3 Å². The van der Waals surface area contributed by atoms with Crippen molar-refractivity contribution in [3.8, 4) is 5.75 Å². The highest BCUT2D eigenvalue weighted by Crippen LogP contribution is 2.14. The fourth-order valence-electron chi connectivity index (χ4n) is 1.10. The number of rotatable bonds is 5. The largest absolute Gasteiger partial charge is 0.508 e. The second-order valence-corrected chi connectivity index (χ2v) is 4.94. The molecule has 1 aromatic rings. The Kier molecular flexibility index (Phi) is 4.33. The van der Waals surface area contributed by atoms with Crippen molar-refractivity contribution in [1.29, 1.82) is 0 Å². The second kappa shape index (κ2) is 5.53. The van der Waals surface area contributed by atoms with Gasteiger partial charge in [0.05, 0.1) is 6.61 Å². The van der Waals surface area contributed by atoms with Crippen molar-refractivity contribution in [2.75, 3.05) is 17.1 Å². The summed E-state index contributed by atoms with van der Waals surface area (Å²) in [6, 6.07) is 5.44. The lowest BCUT2D eigenvalue weighted by molar-refractivity contribution is -0.139. The van der Waals surface area contributed by atoms with Crippen molar-refractivity contribution in [2.45, 2.75) is 6.92 Å². The Balaban J connectivity index is 2.66. The number of carbonyl (C=O) groups excluding carboxylic acids is 1. The van der Waals surface area contributed by atoms with E-state index in [-0.39, 0.29) is 18.0 Å². The highest BCUT2D eigenvalue weighted by atomic mass is 32.2. The van der Waals surface area contributed by atoms with Gasteiger partial charge in [0.2, 0.25) is 10.0 Å². The third kappa shape index (κ3) is 4.73. The van der Waals surface area contributed by atoms with Gasteiger partial charge in [0.1, 0.15) is 5.75 Å². The Morgan fingerprint density at radius 2 is 1.94 bits per heavy atom. The molecule has 0 saturated carbocycles. The molecule has 17 heavy (non-hydrogen) atoms. The van der Waals surface area contributed by atoms with E-state index in [0.29, 0.717) is 0 Å². The van der Waals surface area contributed by atoms with Crippen LogP contribution in [0.5, 0.6) is 5.75 Å². The summed E-state index contributed by atoms with van der Waals surface area (Å²) in [6.45, 7) is 1.73. The predicted molar refractivity (Wildman–Crippen MR) is 62.1 cm³/mol. The maximum atomic E-state index is 11.5. The van der Waals surface area contributed by atoms with Crippen LogP contribution in [-0.2, 0) is 19.6 Å². The number of benzene rings is 1. The Hall–Kier alpha value is -1.76. The molecule has 0 heterocycles. The van der Waals surface area contributed by atoms with Gasteiger partial charge in [-0.3, -0.25) is 9.52 Å². The van der Waals surface area contributed by atoms with Crippen molar-refractivity contribution < 1.29 is 23.1 Å². The molecule has 0 aliphatic carbocycles. The fraction of sp³-hybridized carbons (Fsp3) is 0.300. The van der Waals surface area contributed by atoms with E-state index in [4.69, 9.17) is 5.11 Å². The van der Waals surface area contributed by atoms with Gasteiger partial charge in [-0.2, -0.15) is 0 Å². The topological polar surface area (TPSA) is 92.7 Å². The third-order valence-corrected chi connectivity index (χ3v) is 2.92. The predicted octanol–water partition coefficient (Wildman–Crippen LogP) is 0.697. The molecule has 7 heteroatoms. The van der Waals surface area contributed by atoms with Crippen LogP contribution >= 0.6 is 0 Å². The maximum Gasteiger partial charge on any atom is 0.323 e. The highest BCUT2D eigenvalue weighted by molar-refractivity contribution is 7.93. The number of anilines is 1. The molecule has 0 bridgehead atoms. The highest BCUT2D eigenvalue weighted by Gasteiger charge is 2.17. The van der Waals surface area contributed by atoms with Crippen molar-refractivity contribution in [3.63, 3.8) is 0 Å². The standard InChI is InChI=1S/C10H13NO5S/c1-2-16-10(13)7-17(14,15)11-8-3-5-9(12)6-4-8/h3-6,11-12H,2,7H2,1H3. The van der Waals surface area contributed by atoms with Gasteiger partial charge in [-0.15, -0.1) is 0 Å². The van der Waals surface area contributed by atoms with E-state index in [1.807, 2.05) is 0 Å². The Bertz CT molecular complexity index is 480. The summed E-state index contributed by atoms with van der Waals surface area (Å²) in [5, 5.41) is 9.02. The molecular weight excluding hydrogens is 246 g/mol. The first-order chi connectivity index (χ1) is 7.93. The minimum atomic E-state index is -3.78. The zero-order valence-electron chi connectivity index (χ0n) is 9.21. The lowest BCUT2D eigenvalue weighted by atomic mass is 10.3. The number of phenolic OH excluding ortho intramolecular Hbond substituents is 1. The molecule has 0 atom stereocenters. The zero-order chi connectivity index (χ0) is 12.9. The minimum absolute atomic E-state index is 0.0262. The third-order valence-electron chi connectivity index (χ3n) is 1.75. The van der Waals surface area contributed by atoms with Gasteiger partial charge in [0.25, 0.3) is 0 Å². The number of carbonyl (C=O) groups is 1. The summed E-state index contributed by atoms with van der Waals surface area (Å²) in [7, 11) is -3.78. The smallest absolute Gasteiger partial charge is 0.323 e. The molecule has 94 valence electrons. The Morgan fingerprint density at radius 1 is 1.35 bits per heavy atom. The first-order valence-corrected chi connectivity index (χ1v) is 6.53. The van der Waals surface area contributed by atoms with E-state index >= 15 is 0 Å². The van der Waals surface area contributed by atoms with Crippen molar-refractivity contribution >= 4 is 21.7 Å². The molecule has 0 spiro atoms. The average Bonchev–Trinajstić information content (AvgIpc) is 2.20. The lowest BCUT2D eigenvalue weighted by Crippen LogP contribution is -2.24. The van der Waals surface area contributed by atoms with Crippen LogP contribution in [0.25, 0.3) is 0 Å². The van der Waals surface area contributed by atoms with E-state index < -0.39 is 21.7 Å². The molecule has 1 rings (SSSR count). The molecule has 1 aromatic carbocycles. The van der Waals surface area contributed by atoms with Crippen LogP contribution in [0, 0.1) is 0 Å². The van der Waals surface area contributed by atoms with Crippen LogP contribution in [0.4, 0.5) is 5.69 Å². The molecular formula is C10H13NO5S. The molecule has 0 fully saturated rings. The quantitative estimate of drug-likeness (QED) is 0.599. The maximum absolute atomic E-state index is 11.5. The molecule has 0 unspecified atom stereocenters. The molecule has 0 radical (unpaired) electrons. The molecule has 0 aliphatic heterocycles. The molecule has 2 N–H and O–H groups in total. The van der Waals surface area contributed by atoms with Gasteiger partial charge in [0, 0.05) is 5.69 Å². The van der Waals surface area contributed by atoms with Gasteiger partial charge in [-0.25, -0.2) is 8.42 Å². The second-order valence-electron chi connectivity index (χ2n) is 3.21. The van der Waals surface area contributed by atoms with Gasteiger partial charge in [-0.1, -0.05) is 0 Å². The van der Waals surface area contributed by atoms with Crippen LogP contribution in [0.1, 0.15) is 6.92 Å². The number of esters is 1. The monoisotopic (exact) mass is 259 g/mol. The van der Waals surface area contributed by atoms with Crippen molar-refractivity contribution in [1.82, 2.24) is 0 Å². The minimum Gasteiger partial charge on any atom is -0.508 e. The zero-order valence-corrected chi connectivity index (χ0v) is 10.0. The van der Waals surface area contributed by atoms with E-state index in [1.54, 1.807) is 6.92 Å². The first-order valence-electron chi connectivity index (χ1n) is 4.88. The average molecular weight is 259 g/mol. The number of nitrogens with one attached hydrogen (secondary N) is 1. The molecule has 0 aliphatic rings. The van der Waals surface area contributed by atoms with Crippen molar-refractivity contribution in [2.24, 2.45) is 0 Å². The molecule has 0 aromatic heterocycles. The van der Waals surface area contributed by atoms with Crippen LogP contribution in [0.15, 0.2) is 24.3 Å². The number of phenols is 1. The number of ether oxygens (including phenoxy) is 1. The lowest BCUT2D eigenvalue weighted by Gasteiger charge is -2.07. The molecule has 6 nitrogen and oxygen atoms in total. The van der Waals surface area contributed by atoms with E-state index in [0.717, 1.165) is 0 Å². The van der Waals surface area contributed by atoms with Gasteiger partial charge >= 0.3 is 5.97 Å². The van der Waals surface area contributed by atoms with E-state index in [2.05, 4.69) is 9.46 Å². The number of aromatic hydroxyl groups is 1. The summed E-state index contributed by atoms with van der Waals surface area (Å²) in [5.74, 6) is -1.51. The summed E-state index contributed by atoms with van der Waals surface area (Å²) in [6.07, 6.45) is 0. The number of hydrogen-bond donors (Lipinski definition) is 2. The van der Waals surface area contributed by atoms with Crippen LogP contribution < -0.4 is 4.72 Å². The van der Waals surface area contributed by atoms with Crippen LogP contribution in [0.2, 0.25) is 0 Å². The van der Waals surface area contributed by atoms with Gasteiger partial charge < -0.3 is 9.84 Å². The SMILES string of the molecule is CCOC(=O)CS(=O)(=O)Nc1ccc(O)cc1. The summed E-state index contributed by atoms with van der Waals surface area (Å²) < 4.78 is 29.7. The molecule has 0 saturated heterocycles. The normalized spacial score (nSPS) is 10.9. The number of hydrogen-bond acceptors (Lipinski definition) is 5. The summed E-state index contributed by atoms with van der Waals surface area (Å²) in [5.41, 5.74) is 0.270. The van der Waals surface area contributed by atoms with Crippen LogP contribution in [0.3, 0.4) is 0 Å². The van der Waals surface area contributed by atoms with Gasteiger partial charge in [0.15, 0.2) is 5.75 Å². The van der Waals surface area contributed by atoms with Crippen LogP contribution in [-0.4, -0.2) is 31.9 Å². The molecule has 0 amide bonds. The van der Waals surface area contributed by atoms with E-state index in [1.165, 1.54) is 24.3 Å². The Morgan fingerprint density at radius 3 is 2.47 bits per heavy atom. The van der Waals surface area contributed by atoms with E-state index in [9.17, 15) is 13.2 Å². The summed E-state index contributed by atoms with van der Waals surface area (Å²) in [4.78, 5) is 11.0. The van der Waals surface area contributed by atoms with Crippen molar-refractivity contribution in [3.05, 3.63) is 24.3 Å².